The topological polar surface area (TPSA) is 113 Å². The number of benzene rings is 3. The van der Waals surface area contributed by atoms with Gasteiger partial charge in [-0.2, -0.15) is 0 Å². The Morgan fingerprint density at radius 1 is 0.917 bits per heavy atom. The average molecular weight is 486 g/mol. The maximum Gasteiger partial charge on any atom is 0.335 e. The Kier molecular flexibility index (Phi) is 7.33. The quantitative estimate of drug-likeness (QED) is 0.449. The van der Waals surface area contributed by atoms with Crippen molar-refractivity contribution in [3.05, 3.63) is 101 Å². The van der Waals surface area contributed by atoms with Crippen molar-refractivity contribution < 1.29 is 19.5 Å². The van der Waals surface area contributed by atoms with Crippen LogP contribution in [0.15, 0.2) is 78.9 Å². The molecular formula is C29H31N3O4. The number of amides is 2. The van der Waals surface area contributed by atoms with E-state index < -0.39 is 23.5 Å². The van der Waals surface area contributed by atoms with Crippen LogP contribution >= 0.6 is 0 Å². The summed E-state index contributed by atoms with van der Waals surface area (Å²) in [6.45, 7) is 4.42. The second-order valence-electron chi connectivity index (χ2n) is 9.72. The molecule has 1 fully saturated rings. The van der Waals surface area contributed by atoms with Crippen LogP contribution in [0.3, 0.4) is 0 Å². The molecule has 3 aromatic rings. The third-order valence-electron chi connectivity index (χ3n) is 6.62. The number of imide groups is 1. The molecule has 4 N–H and O–H groups in total. The average Bonchev–Trinajstić information content (AvgIpc) is 2.89. The van der Waals surface area contributed by atoms with Gasteiger partial charge in [-0.15, -0.1) is 0 Å². The van der Waals surface area contributed by atoms with Gasteiger partial charge in [-0.3, -0.25) is 9.59 Å². The number of nitrogens with two attached hydrogens (primary N) is 1. The Morgan fingerprint density at radius 2 is 1.53 bits per heavy atom. The summed E-state index contributed by atoms with van der Waals surface area (Å²) < 4.78 is 0. The second kappa shape index (κ2) is 10.4. The molecule has 0 aliphatic carbocycles. The lowest BCUT2D eigenvalue weighted by molar-refractivity contribution is -0.121. The SMILES string of the molecule is CC(C)(N)c1ccc(C(=O)N(C(=O)C2NCCCC2c2ccccc2)c2ccc(C(=O)O)cc2)cc1. The van der Waals surface area contributed by atoms with Gasteiger partial charge < -0.3 is 16.2 Å². The lowest BCUT2D eigenvalue weighted by Crippen LogP contribution is -2.54. The first-order chi connectivity index (χ1) is 17.2. The van der Waals surface area contributed by atoms with Gasteiger partial charge in [0.1, 0.15) is 0 Å². The minimum Gasteiger partial charge on any atom is -0.478 e. The van der Waals surface area contributed by atoms with E-state index in [1.54, 1.807) is 24.3 Å². The fourth-order valence-corrected chi connectivity index (χ4v) is 4.62. The molecule has 186 valence electrons. The molecule has 36 heavy (non-hydrogen) atoms. The molecule has 1 saturated heterocycles. The summed E-state index contributed by atoms with van der Waals surface area (Å²) in [6.07, 6.45) is 1.73. The molecule has 7 heteroatoms. The number of nitrogens with zero attached hydrogens (tertiary/aromatic N) is 1. The zero-order chi connectivity index (χ0) is 25.9. The molecular weight excluding hydrogens is 454 g/mol. The minimum atomic E-state index is -1.08. The summed E-state index contributed by atoms with van der Waals surface area (Å²) in [4.78, 5) is 40.4. The normalized spacial score (nSPS) is 17.9. The van der Waals surface area contributed by atoms with E-state index in [0.717, 1.165) is 28.9 Å². The smallest absolute Gasteiger partial charge is 0.335 e. The monoisotopic (exact) mass is 485 g/mol. The van der Waals surface area contributed by atoms with Crippen molar-refractivity contribution in [2.75, 3.05) is 11.4 Å². The van der Waals surface area contributed by atoms with Crippen LogP contribution in [0, 0.1) is 0 Å². The van der Waals surface area contributed by atoms with Crippen LogP contribution in [0.2, 0.25) is 0 Å². The van der Waals surface area contributed by atoms with Crippen LogP contribution < -0.4 is 16.0 Å². The number of rotatable bonds is 6. The van der Waals surface area contributed by atoms with Crippen molar-refractivity contribution in [2.45, 2.75) is 44.2 Å². The van der Waals surface area contributed by atoms with Crippen LogP contribution in [0.4, 0.5) is 5.69 Å². The molecule has 2 atom stereocenters. The van der Waals surface area contributed by atoms with Gasteiger partial charge in [0.2, 0.25) is 0 Å². The maximum absolute atomic E-state index is 14.0. The highest BCUT2D eigenvalue weighted by atomic mass is 16.4. The van der Waals surface area contributed by atoms with E-state index >= 15 is 0 Å². The largest absolute Gasteiger partial charge is 0.478 e. The fraction of sp³-hybridized carbons (Fsp3) is 0.276. The van der Waals surface area contributed by atoms with Gasteiger partial charge in [0.05, 0.1) is 17.3 Å². The van der Waals surface area contributed by atoms with Crippen molar-refractivity contribution in [3.8, 4) is 0 Å². The third-order valence-corrected chi connectivity index (χ3v) is 6.62. The first-order valence-electron chi connectivity index (χ1n) is 12.1. The molecule has 0 radical (unpaired) electrons. The Bertz CT molecular complexity index is 1230. The molecule has 0 aromatic heterocycles. The van der Waals surface area contributed by atoms with Crippen molar-refractivity contribution in [1.82, 2.24) is 5.32 Å². The van der Waals surface area contributed by atoms with Gasteiger partial charge in [-0.1, -0.05) is 42.5 Å². The standard InChI is InChI=1S/C29H31N3O4/c1-29(2,30)22-14-10-20(11-15-22)26(33)32(23-16-12-21(13-17-23)28(35)36)27(34)25-24(9-6-18-31-25)19-7-4-3-5-8-19/h3-5,7-8,10-17,24-25,31H,6,9,18,30H2,1-2H3,(H,35,36). The molecule has 7 nitrogen and oxygen atoms in total. The molecule has 0 spiro atoms. The van der Waals surface area contributed by atoms with E-state index in [1.807, 2.05) is 44.2 Å². The fourth-order valence-electron chi connectivity index (χ4n) is 4.62. The zero-order valence-corrected chi connectivity index (χ0v) is 20.5. The predicted molar refractivity (Wildman–Crippen MR) is 139 cm³/mol. The molecule has 0 saturated carbocycles. The lowest BCUT2D eigenvalue weighted by Gasteiger charge is -2.35. The summed E-state index contributed by atoms with van der Waals surface area (Å²) in [5, 5.41) is 12.6. The number of carbonyl (C=O) groups excluding carboxylic acids is 2. The second-order valence-corrected chi connectivity index (χ2v) is 9.72. The van der Waals surface area contributed by atoms with Crippen LogP contribution in [0.1, 0.15) is 64.4 Å². The van der Waals surface area contributed by atoms with E-state index in [2.05, 4.69) is 5.32 Å². The summed E-state index contributed by atoms with van der Waals surface area (Å²) >= 11 is 0. The van der Waals surface area contributed by atoms with Gasteiger partial charge in [0, 0.05) is 17.0 Å². The zero-order valence-electron chi connectivity index (χ0n) is 20.5. The number of hydrogen-bond donors (Lipinski definition) is 3. The minimum absolute atomic E-state index is 0.0751. The Morgan fingerprint density at radius 3 is 2.11 bits per heavy atom. The number of aromatic carboxylic acids is 1. The molecule has 2 amide bonds. The van der Waals surface area contributed by atoms with Crippen molar-refractivity contribution >= 4 is 23.5 Å². The first-order valence-corrected chi connectivity index (χ1v) is 12.1. The van der Waals surface area contributed by atoms with Gasteiger partial charge in [-0.05, 0) is 80.8 Å². The highest BCUT2D eigenvalue weighted by Gasteiger charge is 2.38. The predicted octanol–water partition coefficient (Wildman–Crippen LogP) is 4.29. The summed E-state index contributed by atoms with van der Waals surface area (Å²) in [7, 11) is 0. The summed E-state index contributed by atoms with van der Waals surface area (Å²) in [6, 6.07) is 21.9. The van der Waals surface area contributed by atoms with E-state index in [0.29, 0.717) is 17.8 Å². The van der Waals surface area contributed by atoms with Crippen molar-refractivity contribution in [3.63, 3.8) is 0 Å². The molecule has 1 aliphatic heterocycles. The molecule has 1 aliphatic rings. The Balaban J connectivity index is 1.73. The van der Waals surface area contributed by atoms with Crippen LogP contribution in [0.25, 0.3) is 0 Å². The molecule has 1 heterocycles. The highest BCUT2D eigenvalue weighted by Crippen LogP contribution is 2.31. The number of hydrogen-bond acceptors (Lipinski definition) is 5. The van der Waals surface area contributed by atoms with Gasteiger partial charge >= 0.3 is 5.97 Å². The third kappa shape index (κ3) is 5.37. The Hall–Kier alpha value is -3.81. The van der Waals surface area contributed by atoms with E-state index in [9.17, 15) is 19.5 Å². The van der Waals surface area contributed by atoms with Gasteiger partial charge in [0.25, 0.3) is 11.8 Å². The van der Waals surface area contributed by atoms with Crippen molar-refractivity contribution in [1.29, 1.82) is 0 Å². The number of carbonyl (C=O) groups is 3. The number of carboxylic acid groups (broad SMARTS) is 1. The number of anilines is 1. The first kappa shape index (κ1) is 25.3. The van der Waals surface area contributed by atoms with Crippen molar-refractivity contribution in [2.24, 2.45) is 5.73 Å². The molecule has 3 aromatic carbocycles. The molecule has 2 unspecified atom stereocenters. The molecule has 4 rings (SSSR count). The van der Waals surface area contributed by atoms with E-state index in [4.69, 9.17) is 5.73 Å². The van der Waals surface area contributed by atoms with Gasteiger partial charge in [0.15, 0.2) is 0 Å². The molecule has 0 bridgehead atoms. The number of piperidine rings is 1. The van der Waals surface area contributed by atoms with E-state index in [1.165, 1.54) is 24.3 Å². The maximum atomic E-state index is 14.0. The van der Waals surface area contributed by atoms with Crippen LogP contribution in [-0.4, -0.2) is 35.5 Å². The Labute approximate surface area is 210 Å². The number of carboxylic acids is 1. The highest BCUT2D eigenvalue weighted by molar-refractivity contribution is 6.22. The summed E-state index contributed by atoms with van der Waals surface area (Å²) in [5.74, 6) is -2.03. The summed E-state index contributed by atoms with van der Waals surface area (Å²) in [5.41, 5.74) is 8.24. The van der Waals surface area contributed by atoms with Crippen LogP contribution in [-0.2, 0) is 10.3 Å². The lowest BCUT2D eigenvalue weighted by atomic mass is 9.84. The van der Waals surface area contributed by atoms with Gasteiger partial charge in [-0.25, -0.2) is 9.69 Å². The van der Waals surface area contributed by atoms with E-state index in [-0.39, 0.29) is 17.4 Å². The number of nitrogens with one attached hydrogen (secondary N) is 1. The van der Waals surface area contributed by atoms with Crippen LogP contribution in [0.5, 0.6) is 0 Å².